The number of nitrogens with one attached hydrogen (secondary N) is 3. The van der Waals surface area contributed by atoms with Gasteiger partial charge in [-0.15, -0.1) is 0 Å². The van der Waals surface area contributed by atoms with Crippen LogP contribution in [0.4, 0.5) is 18.9 Å². The van der Waals surface area contributed by atoms with Gasteiger partial charge in [-0.1, -0.05) is 36.4 Å². The van der Waals surface area contributed by atoms with Crippen LogP contribution in [0.15, 0.2) is 72.8 Å². The number of halogens is 3. The Morgan fingerprint density at radius 2 is 1.55 bits per heavy atom. The molecule has 0 saturated heterocycles. The number of rotatable bonds is 14. The van der Waals surface area contributed by atoms with Gasteiger partial charge in [0.1, 0.15) is 18.2 Å². The average molecular weight is 657 g/mol. The Kier molecular flexibility index (Phi) is 11.9. The zero-order valence-electron chi connectivity index (χ0n) is 24.3. The number of aliphatic carboxylic acids is 1. The summed E-state index contributed by atoms with van der Waals surface area (Å²) in [6.07, 6.45) is -7.22. The lowest BCUT2D eigenvalue weighted by Gasteiger charge is -2.21. The molecule has 0 heterocycles. The molecule has 0 fully saturated rings. The van der Waals surface area contributed by atoms with E-state index in [2.05, 4.69) is 15.4 Å². The zero-order valence-corrected chi connectivity index (χ0v) is 24.3. The van der Waals surface area contributed by atoms with Crippen LogP contribution in [-0.2, 0) is 30.3 Å². The van der Waals surface area contributed by atoms with E-state index in [0.717, 1.165) is 0 Å². The molecule has 47 heavy (non-hydrogen) atoms. The minimum atomic E-state index is -5.42. The van der Waals surface area contributed by atoms with E-state index >= 15 is 0 Å². The minimum Gasteiger partial charge on any atom is -0.491 e. The molecule has 0 radical (unpaired) electrons. The highest BCUT2D eigenvalue weighted by Crippen LogP contribution is 2.23. The van der Waals surface area contributed by atoms with Gasteiger partial charge in [0.05, 0.1) is 6.04 Å². The molecular weight excluding hydrogens is 629 g/mol. The number of ketones is 1. The van der Waals surface area contributed by atoms with Gasteiger partial charge in [0, 0.05) is 40.8 Å². The third-order valence-electron chi connectivity index (χ3n) is 6.30. The molecule has 0 saturated carbocycles. The fourth-order valence-corrected chi connectivity index (χ4v) is 3.94. The normalized spacial score (nSPS) is 11.5. The Balaban J connectivity index is 1.82. The number of esters is 2. The largest absolute Gasteiger partial charge is 0.491 e. The fourth-order valence-electron chi connectivity index (χ4n) is 3.94. The van der Waals surface area contributed by atoms with Gasteiger partial charge in [-0.25, -0.2) is 9.59 Å². The van der Waals surface area contributed by atoms with Gasteiger partial charge in [-0.05, 0) is 42.8 Å². The van der Waals surface area contributed by atoms with Gasteiger partial charge in [-0.3, -0.25) is 24.6 Å². The van der Waals surface area contributed by atoms with E-state index in [1.807, 2.05) is 0 Å². The Morgan fingerprint density at radius 3 is 2.19 bits per heavy atom. The second-order valence-electron chi connectivity index (χ2n) is 9.82. The van der Waals surface area contributed by atoms with E-state index in [1.165, 1.54) is 42.5 Å². The van der Waals surface area contributed by atoms with Gasteiger partial charge in [0.15, 0.2) is 0 Å². The summed E-state index contributed by atoms with van der Waals surface area (Å²) in [6.45, 7) is -0.494. The third-order valence-corrected chi connectivity index (χ3v) is 6.30. The number of carbonyl (C=O) groups excluding carboxylic acids is 5. The first-order valence-electron chi connectivity index (χ1n) is 13.6. The zero-order chi connectivity index (χ0) is 34.7. The van der Waals surface area contributed by atoms with Gasteiger partial charge < -0.3 is 30.9 Å². The van der Waals surface area contributed by atoms with Crippen LogP contribution in [0.25, 0.3) is 0 Å². The van der Waals surface area contributed by atoms with E-state index in [-0.39, 0.29) is 28.1 Å². The van der Waals surface area contributed by atoms with Gasteiger partial charge in [-0.2, -0.15) is 13.2 Å². The molecule has 0 unspecified atom stereocenters. The molecule has 0 aromatic heterocycles. The van der Waals surface area contributed by atoms with Crippen molar-refractivity contribution in [3.05, 3.63) is 95.1 Å². The van der Waals surface area contributed by atoms with Crippen LogP contribution < -0.4 is 21.1 Å². The number of amidine groups is 1. The molecule has 0 bridgehead atoms. The van der Waals surface area contributed by atoms with Crippen LogP contribution in [-0.4, -0.2) is 65.3 Å². The molecule has 0 spiro atoms. The van der Waals surface area contributed by atoms with E-state index in [0.29, 0.717) is 5.56 Å². The van der Waals surface area contributed by atoms with Crippen LogP contribution in [0.1, 0.15) is 44.7 Å². The van der Waals surface area contributed by atoms with Crippen molar-refractivity contribution in [2.75, 3.05) is 11.9 Å². The van der Waals surface area contributed by atoms with Gasteiger partial charge >= 0.3 is 24.1 Å². The first kappa shape index (κ1) is 35.4. The average Bonchev–Trinajstić information content (AvgIpc) is 3.02. The topological polar surface area (TPSA) is 215 Å². The van der Waals surface area contributed by atoms with Crippen LogP contribution in [0, 0.1) is 5.41 Å². The first-order chi connectivity index (χ1) is 22.1. The number of hydrogen-bond acceptors (Lipinski definition) is 9. The lowest BCUT2D eigenvalue weighted by molar-refractivity contribution is -0.201. The molecule has 1 atom stereocenters. The van der Waals surface area contributed by atoms with Crippen molar-refractivity contribution in [1.82, 2.24) is 5.32 Å². The summed E-state index contributed by atoms with van der Waals surface area (Å²) in [5.74, 6) is -8.87. The van der Waals surface area contributed by atoms with Crippen molar-refractivity contribution in [3.63, 3.8) is 0 Å². The number of Topliss-reactive ketones (excluding diaryl/α,β-unsaturated/α-hetero) is 1. The molecule has 0 aliphatic rings. The molecule has 16 heteroatoms. The number of anilines is 1. The lowest BCUT2D eigenvalue weighted by atomic mass is 10.0. The number of nitrogens with two attached hydrogens (primary N) is 1. The Bertz CT molecular complexity index is 1690. The SMILES string of the molecule is N=C(N)c1ccc(CC(=O)C(=O)O)c(OC[C@@H](CCC(=O)OC(=O)C(F)(F)F)NC(=O)c2cccc(NC(=O)c3ccccc3)c2)c1. The quantitative estimate of drug-likeness (QED) is 0.0562. The molecule has 246 valence electrons. The maximum atomic E-state index is 13.2. The van der Waals surface area contributed by atoms with Crippen LogP contribution in [0.3, 0.4) is 0 Å². The van der Waals surface area contributed by atoms with Gasteiger partial charge in [0.2, 0.25) is 5.78 Å². The molecule has 3 aromatic rings. The Morgan fingerprint density at radius 1 is 0.872 bits per heavy atom. The van der Waals surface area contributed by atoms with E-state index < -0.39 is 79.4 Å². The predicted molar refractivity (Wildman–Crippen MR) is 158 cm³/mol. The van der Waals surface area contributed by atoms with Crippen molar-refractivity contribution in [2.24, 2.45) is 5.73 Å². The Labute approximate surface area is 264 Å². The molecule has 3 rings (SSSR count). The molecule has 2 amide bonds. The summed E-state index contributed by atoms with van der Waals surface area (Å²) in [5, 5.41) is 21.9. The molecule has 0 aliphatic carbocycles. The van der Waals surface area contributed by atoms with Crippen molar-refractivity contribution >= 4 is 47.0 Å². The second-order valence-corrected chi connectivity index (χ2v) is 9.82. The highest BCUT2D eigenvalue weighted by atomic mass is 19.4. The number of ether oxygens (including phenoxy) is 2. The van der Waals surface area contributed by atoms with Crippen LogP contribution in [0.5, 0.6) is 5.75 Å². The van der Waals surface area contributed by atoms with E-state index in [1.54, 1.807) is 30.3 Å². The number of benzene rings is 3. The monoisotopic (exact) mass is 656 g/mol. The third kappa shape index (κ3) is 10.8. The standard InChI is InChI=1S/C31H27F3N4O9/c32-31(33,34)30(45)47-25(40)12-11-22(16-46-24-15-19(26(35)36)10-9-18(24)14-23(39)29(43)44)38-28(42)20-7-4-8-21(13-20)37-27(41)17-5-2-1-3-6-17/h1-10,13,15,22H,11-12,14,16H2,(H3,35,36)(H,37,41)(H,38,42)(H,43,44)/t22-/m1/s1. The highest BCUT2D eigenvalue weighted by molar-refractivity contribution is 6.33. The summed E-state index contributed by atoms with van der Waals surface area (Å²) in [4.78, 5) is 71.8. The molecule has 3 aromatic carbocycles. The fraction of sp³-hybridized carbons (Fsp3) is 0.194. The van der Waals surface area contributed by atoms with Crippen molar-refractivity contribution in [2.45, 2.75) is 31.5 Å². The van der Waals surface area contributed by atoms with E-state index in [4.69, 9.17) is 21.0 Å². The maximum Gasteiger partial charge on any atom is 0.491 e. The highest BCUT2D eigenvalue weighted by Gasteiger charge is 2.42. The number of carboxylic acids is 1. The minimum absolute atomic E-state index is 0.0296. The Hall–Kier alpha value is -6.06. The smallest absolute Gasteiger partial charge is 0.491 e. The summed E-state index contributed by atoms with van der Waals surface area (Å²) in [7, 11) is 0. The van der Waals surface area contributed by atoms with Crippen LogP contribution >= 0.6 is 0 Å². The summed E-state index contributed by atoms with van der Waals surface area (Å²) >= 11 is 0. The predicted octanol–water partition coefficient (Wildman–Crippen LogP) is 3.01. The maximum absolute atomic E-state index is 13.2. The number of hydrogen-bond donors (Lipinski definition) is 5. The van der Waals surface area contributed by atoms with Crippen LogP contribution in [0.2, 0.25) is 0 Å². The molecule has 13 nitrogen and oxygen atoms in total. The second kappa shape index (κ2) is 15.8. The molecular formula is C31H27F3N4O9. The van der Waals surface area contributed by atoms with E-state index in [9.17, 15) is 41.9 Å². The van der Waals surface area contributed by atoms with Crippen molar-refractivity contribution in [3.8, 4) is 5.75 Å². The number of carbonyl (C=O) groups is 6. The number of nitrogen functional groups attached to an aromatic ring is 1. The molecule has 0 aliphatic heterocycles. The number of carboxylic acid groups (broad SMARTS) is 1. The summed E-state index contributed by atoms with van der Waals surface area (Å²) in [5.41, 5.74) is 6.37. The number of alkyl halides is 3. The first-order valence-corrected chi connectivity index (χ1v) is 13.6. The van der Waals surface area contributed by atoms with Gasteiger partial charge in [0.25, 0.3) is 11.8 Å². The van der Waals surface area contributed by atoms with Crippen molar-refractivity contribution < 1.29 is 56.5 Å². The summed E-state index contributed by atoms with van der Waals surface area (Å²) in [6, 6.07) is 16.7. The lowest BCUT2D eigenvalue weighted by Crippen LogP contribution is -2.40. The molecule has 6 N–H and O–H groups in total. The van der Waals surface area contributed by atoms with Crippen molar-refractivity contribution in [1.29, 1.82) is 5.41 Å². The number of amides is 2. The summed E-state index contributed by atoms with van der Waals surface area (Å²) < 4.78 is 47.2.